The second-order valence-corrected chi connectivity index (χ2v) is 7.90. The highest BCUT2D eigenvalue weighted by atomic mass is 32.2. The maximum Gasteiger partial charge on any atom is 0.211 e. The molecule has 1 aliphatic heterocycles. The Kier molecular flexibility index (Phi) is 6.40. The minimum atomic E-state index is -3.18. The van der Waals surface area contributed by atoms with Crippen LogP contribution in [0.3, 0.4) is 0 Å². The zero-order valence-corrected chi connectivity index (χ0v) is 14.5. The van der Waals surface area contributed by atoms with E-state index in [4.69, 9.17) is 0 Å². The average molecular weight is 328 g/mol. The molecule has 0 aliphatic carbocycles. The SMILES string of the molecule is CCCCS(=O)(=O)NCc1cc2n(n1)CCCN(CCC)C2. The second kappa shape index (κ2) is 8.08. The highest BCUT2D eigenvalue weighted by molar-refractivity contribution is 7.89. The lowest BCUT2D eigenvalue weighted by Crippen LogP contribution is -2.26. The first-order valence-corrected chi connectivity index (χ1v) is 9.94. The van der Waals surface area contributed by atoms with Gasteiger partial charge in [-0.1, -0.05) is 20.3 Å². The number of nitrogens with one attached hydrogen (secondary N) is 1. The number of fused-ring (bicyclic) bond motifs is 1. The maximum atomic E-state index is 11.8. The standard InChI is InChI=1S/C15H28N4O2S/c1-3-5-10-22(20,21)16-12-14-11-15-13-18(7-4-2)8-6-9-19(15)17-14/h11,16H,3-10,12-13H2,1-2H3. The molecule has 2 heterocycles. The molecular formula is C15H28N4O2S. The summed E-state index contributed by atoms with van der Waals surface area (Å²) < 4.78 is 28.4. The molecule has 6 nitrogen and oxygen atoms in total. The van der Waals surface area contributed by atoms with E-state index in [0.717, 1.165) is 51.1 Å². The molecule has 2 rings (SSSR count). The van der Waals surface area contributed by atoms with Gasteiger partial charge >= 0.3 is 0 Å². The van der Waals surface area contributed by atoms with Gasteiger partial charge in [0, 0.05) is 19.6 Å². The topological polar surface area (TPSA) is 67.2 Å². The largest absolute Gasteiger partial charge is 0.297 e. The Balaban J connectivity index is 1.96. The van der Waals surface area contributed by atoms with E-state index in [9.17, 15) is 8.42 Å². The molecule has 0 unspecified atom stereocenters. The van der Waals surface area contributed by atoms with Crippen molar-refractivity contribution in [1.29, 1.82) is 0 Å². The van der Waals surface area contributed by atoms with E-state index in [2.05, 4.69) is 21.6 Å². The lowest BCUT2D eigenvalue weighted by Gasteiger charge is -2.17. The van der Waals surface area contributed by atoms with Crippen LogP contribution >= 0.6 is 0 Å². The monoisotopic (exact) mass is 328 g/mol. The Morgan fingerprint density at radius 2 is 2.09 bits per heavy atom. The third kappa shape index (κ3) is 5.07. The number of unbranched alkanes of at least 4 members (excludes halogenated alkanes) is 1. The van der Waals surface area contributed by atoms with E-state index in [-0.39, 0.29) is 5.75 Å². The van der Waals surface area contributed by atoms with Gasteiger partial charge in [-0.2, -0.15) is 5.10 Å². The fraction of sp³-hybridized carbons (Fsp3) is 0.800. The normalized spacial score (nSPS) is 16.5. The molecule has 0 fully saturated rings. The van der Waals surface area contributed by atoms with Crippen molar-refractivity contribution in [2.75, 3.05) is 18.8 Å². The summed E-state index contributed by atoms with van der Waals surface area (Å²) in [6, 6.07) is 2.04. The Labute approximate surface area is 133 Å². The van der Waals surface area contributed by atoms with Crippen LogP contribution < -0.4 is 4.72 Å². The van der Waals surface area contributed by atoms with Crippen molar-refractivity contribution in [3.63, 3.8) is 0 Å². The predicted octanol–water partition coefficient (Wildman–Crippen LogP) is 1.72. The van der Waals surface area contributed by atoms with Crippen LogP contribution in [-0.2, 0) is 29.7 Å². The predicted molar refractivity (Wildman–Crippen MR) is 87.9 cm³/mol. The van der Waals surface area contributed by atoms with Crippen molar-refractivity contribution < 1.29 is 8.42 Å². The first-order valence-electron chi connectivity index (χ1n) is 8.29. The van der Waals surface area contributed by atoms with Crippen molar-refractivity contribution in [2.45, 2.75) is 59.2 Å². The first kappa shape index (κ1) is 17.4. The van der Waals surface area contributed by atoms with Crippen LogP contribution in [0, 0.1) is 0 Å². The number of aryl methyl sites for hydroxylation is 1. The van der Waals surface area contributed by atoms with Crippen LogP contribution in [0.15, 0.2) is 6.07 Å². The molecule has 1 N–H and O–H groups in total. The molecule has 0 amide bonds. The van der Waals surface area contributed by atoms with Gasteiger partial charge < -0.3 is 0 Å². The first-order chi connectivity index (χ1) is 10.5. The molecule has 7 heteroatoms. The maximum absolute atomic E-state index is 11.8. The molecular weight excluding hydrogens is 300 g/mol. The summed E-state index contributed by atoms with van der Waals surface area (Å²) in [5.74, 6) is 0.196. The van der Waals surface area contributed by atoms with Gasteiger partial charge in [-0.3, -0.25) is 9.58 Å². The van der Waals surface area contributed by atoms with E-state index >= 15 is 0 Å². The van der Waals surface area contributed by atoms with Crippen LogP contribution in [-0.4, -0.2) is 41.9 Å². The van der Waals surface area contributed by atoms with Gasteiger partial charge in [0.15, 0.2) is 0 Å². The number of hydrogen-bond donors (Lipinski definition) is 1. The Morgan fingerprint density at radius 1 is 1.27 bits per heavy atom. The molecule has 0 aromatic carbocycles. The molecule has 22 heavy (non-hydrogen) atoms. The zero-order chi connectivity index (χ0) is 16.0. The molecule has 1 aromatic heterocycles. The lowest BCUT2D eigenvalue weighted by atomic mass is 10.3. The minimum Gasteiger partial charge on any atom is -0.297 e. The van der Waals surface area contributed by atoms with Crippen molar-refractivity contribution in [1.82, 2.24) is 19.4 Å². The van der Waals surface area contributed by atoms with E-state index in [1.54, 1.807) is 0 Å². The summed E-state index contributed by atoms with van der Waals surface area (Å²) in [4.78, 5) is 2.44. The summed E-state index contributed by atoms with van der Waals surface area (Å²) in [5, 5.41) is 4.55. The Hall–Kier alpha value is -0.920. The third-order valence-corrected chi connectivity index (χ3v) is 5.33. The van der Waals surface area contributed by atoms with Crippen molar-refractivity contribution in [3.8, 4) is 0 Å². The van der Waals surface area contributed by atoms with Gasteiger partial charge in [0.2, 0.25) is 10.0 Å². The Morgan fingerprint density at radius 3 is 2.82 bits per heavy atom. The third-order valence-electron chi connectivity index (χ3n) is 3.92. The van der Waals surface area contributed by atoms with Crippen LogP contribution in [0.2, 0.25) is 0 Å². The molecule has 0 saturated carbocycles. The van der Waals surface area contributed by atoms with E-state index in [1.165, 1.54) is 5.69 Å². The minimum absolute atomic E-state index is 0.196. The summed E-state index contributed by atoms with van der Waals surface area (Å²) in [5.41, 5.74) is 2.00. The van der Waals surface area contributed by atoms with Gasteiger partial charge in [0.1, 0.15) is 0 Å². The lowest BCUT2D eigenvalue weighted by molar-refractivity contribution is 0.270. The Bertz CT molecular complexity index is 568. The molecule has 0 saturated heterocycles. The number of sulfonamides is 1. The molecule has 126 valence electrons. The van der Waals surface area contributed by atoms with Crippen LogP contribution in [0.1, 0.15) is 50.9 Å². The summed E-state index contributed by atoms with van der Waals surface area (Å²) in [6.07, 6.45) is 3.82. The van der Waals surface area contributed by atoms with Crippen molar-refractivity contribution in [3.05, 3.63) is 17.5 Å². The molecule has 0 radical (unpaired) electrons. The molecule has 1 aliphatic rings. The zero-order valence-electron chi connectivity index (χ0n) is 13.7. The van der Waals surface area contributed by atoms with E-state index in [1.807, 2.05) is 17.7 Å². The molecule has 0 spiro atoms. The highest BCUT2D eigenvalue weighted by Crippen LogP contribution is 2.14. The molecule has 0 bridgehead atoms. The summed E-state index contributed by atoms with van der Waals surface area (Å²) in [7, 11) is -3.18. The van der Waals surface area contributed by atoms with Gasteiger partial charge in [-0.15, -0.1) is 0 Å². The quantitative estimate of drug-likeness (QED) is 0.789. The van der Waals surface area contributed by atoms with Gasteiger partial charge in [0.25, 0.3) is 0 Å². The van der Waals surface area contributed by atoms with Crippen LogP contribution in [0.5, 0.6) is 0 Å². The second-order valence-electron chi connectivity index (χ2n) is 5.97. The molecule has 0 atom stereocenters. The van der Waals surface area contributed by atoms with Crippen LogP contribution in [0.4, 0.5) is 0 Å². The fourth-order valence-electron chi connectivity index (χ4n) is 2.77. The summed E-state index contributed by atoms with van der Waals surface area (Å²) in [6.45, 7) is 8.50. The van der Waals surface area contributed by atoms with Gasteiger partial charge in [0.05, 0.1) is 23.7 Å². The number of hydrogen-bond acceptors (Lipinski definition) is 4. The molecule has 1 aromatic rings. The summed E-state index contributed by atoms with van der Waals surface area (Å²) >= 11 is 0. The smallest absolute Gasteiger partial charge is 0.211 e. The fourth-order valence-corrected chi connectivity index (χ4v) is 3.95. The van der Waals surface area contributed by atoms with E-state index < -0.39 is 10.0 Å². The average Bonchev–Trinajstić information content (AvgIpc) is 2.76. The van der Waals surface area contributed by atoms with Crippen LogP contribution in [0.25, 0.3) is 0 Å². The van der Waals surface area contributed by atoms with Gasteiger partial charge in [-0.25, -0.2) is 13.1 Å². The number of aromatic nitrogens is 2. The van der Waals surface area contributed by atoms with Crippen molar-refractivity contribution >= 4 is 10.0 Å². The van der Waals surface area contributed by atoms with Crippen molar-refractivity contribution in [2.24, 2.45) is 0 Å². The highest BCUT2D eigenvalue weighted by Gasteiger charge is 2.17. The number of rotatable bonds is 8. The number of nitrogens with zero attached hydrogens (tertiary/aromatic N) is 3. The van der Waals surface area contributed by atoms with Gasteiger partial charge in [-0.05, 0) is 31.9 Å². The van der Waals surface area contributed by atoms with E-state index in [0.29, 0.717) is 13.0 Å².